The summed E-state index contributed by atoms with van der Waals surface area (Å²) in [6, 6.07) is 12.3. The number of benzene rings is 2. The van der Waals surface area contributed by atoms with Crippen LogP contribution in [-0.4, -0.2) is 13.0 Å². The van der Waals surface area contributed by atoms with Crippen LogP contribution in [0.25, 0.3) is 11.1 Å². The number of hydrogen-bond acceptors (Lipinski definition) is 3. The molecule has 6 heteroatoms. The van der Waals surface area contributed by atoms with E-state index < -0.39 is 0 Å². The van der Waals surface area contributed by atoms with Crippen LogP contribution in [0.1, 0.15) is 22.8 Å². The number of fused-ring (bicyclic) bond motifs is 1. The van der Waals surface area contributed by atoms with E-state index in [1.54, 1.807) is 24.5 Å². The molecule has 0 aliphatic carbocycles. The molecule has 0 unspecified atom stereocenters. The van der Waals surface area contributed by atoms with Crippen molar-refractivity contribution in [3.63, 3.8) is 0 Å². The summed E-state index contributed by atoms with van der Waals surface area (Å²) < 4.78 is 19.8. The number of amides is 1. The number of methoxy groups -OCH3 is 1. The highest BCUT2D eigenvalue weighted by molar-refractivity contribution is 9.10. The average molecular weight is 432 g/mol. The highest BCUT2D eigenvalue weighted by Gasteiger charge is 2.30. The number of rotatable bonds is 3. The SMILES string of the molecule is COc1ccc([C@@H]2CC(=O)Nc3c(-c4cccc(F)c4)csc32)cc1Br. The minimum atomic E-state index is -0.291. The van der Waals surface area contributed by atoms with E-state index >= 15 is 0 Å². The van der Waals surface area contributed by atoms with Gasteiger partial charge in [0, 0.05) is 28.2 Å². The molecule has 0 spiro atoms. The first-order chi connectivity index (χ1) is 12.6. The van der Waals surface area contributed by atoms with E-state index in [0.29, 0.717) is 6.42 Å². The first-order valence-corrected chi connectivity index (χ1v) is 9.74. The Morgan fingerprint density at radius 2 is 2.12 bits per heavy atom. The largest absolute Gasteiger partial charge is 0.496 e. The second-order valence-corrected chi connectivity index (χ2v) is 7.86. The second-order valence-electron chi connectivity index (χ2n) is 6.10. The van der Waals surface area contributed by atoms with Gasteiger partial charge in [-0.05, 0) is 51.3 Å². The number of hydrogen-bond donors (Lipinski definition) is 1. The highest BCUT2D eigenvalue weighted by Crippen LogP contribution is 2.47. The van der Waals surface area contributed by atoms with Gasteiger partial charge in [0.15, 0.2) is 0 Å². The van der Waals surface area contributed by atoms with Gasteiger partial charge in [0.25, 0.3) is 0 Å². The zero-order chi connectivity index (χ0) is 18.3. The summed E-state index contributed by atoms with van der Waals surface area (Å²) in [6.45, 7) is 0. The molecular weight excluding hydrogens is 417 g/mol. The summed E-state index contributed by atoms with van der Waals surface area (Å²) in [4.78, 5) is 13.4. The molecule has 0 saturated carbocycles. The summed E-state index contributed by atoms with van der Waals surface area (Å²) in [6.07, 6.45) is 0.384. The van der Waals surface area contributed by atoms with Gasteiger partial charge < -0.3 is 10.1 Å². The lowest BCUT2D eigenvalue weighted by molar-refractivity contribution is -0.116. The maximum Gasteiger partial charge on any atom is 0.225 e. The van der Waals surface area contributed by atoms with Gasteiger partial charge in [-0.15, -0.1) is 11.3 Å². The highest BCUT2D eigenvalue weighted by atomic mass is 79.9. The first kappa shape index (κ1) is 17.2. The quantitative estimate of drug-likeness (QED) is 0.568. The third-order valence-electron chi connectivity index (χ3n) is 4.50. The number of halogens is 2. The average Bonchev–Trinajstić information content (AvgIpc) is 3.04. The molecule has 3 nitrogen and oxygen atoms in total. The Balaban J connectivity index is 1.80. The zero-order valence-electron chi connectivity index (χ0n) is 13.9. The van der Waals surface area contributed by atoms with Crippen molar-refractivity contribution in [3.05, 3.63) is 68.6 Å². The lowest BCUT2D eigenvalue weighted by atomic mass is 9.89. The molecule has 26 heavy (non-hydrogen) atoms. The maximum absolute atomic E-state index is 13.6. The Morgan fingerprint density at radius 3 is 2.85 bits per heavy atom. The Morgan fingerprint density at radius 1 is 1.27 bits per heavy atom. The molecule has 1 amide bonds. The number of thiophene rings is 1. The van der Waals surface area contributed by atoms with Crippen LogP contribution >= 0.6 is 27.3 Å². The molecular formula is C20H15BrFNO2S. The lowest BCUT2D eigenvalue weighted by Crippen LogP contribution is -2.22. The van der Waals surface area contributed by atoms with E-state index in [1.165, 1.54) is 12.1 Å². The molecule has 1 aliphatic heterocycles. The lowest BCUT2D eigenvalue weighted by Gasteiger charge is -2.24. The number of ether oxygens (including phenoxy) is 1. The number of carbonyl (C=O) groups excluding carboxylic acids is 1. The third kappa shape index (κ3) is 3.04. The van der Waals surface area contributed by atoms with E-state index in [4.69, 9.17) is 4.74 Å². The van der Waals surface area contributed by atoms with Crippen molar-refractivity contribution in [3.8, 4) is 16.9 Å². The predicted octanol–water partition coefficient (Wildman–Crippen LogP) is 5.80. The maximum atomic E-state index is 13.6. The normalized spacial score (nSPS) is 16.1. The van der Waals surface area contributed by atoms with E-state index in [2.05, 4.69) is 21.2 Å². The van der Waals surface area contributed by atoms with Gasteiger partial charge in [-0.25, -0.2) is 4.39 Å². The molecule has 0 bridgehead atoms. The van der Waals surface area contributed by atoms with E-state index in [-0.39, 0.29) is 17.6 Å². The number of anilines is 1. The van der Waals surface area contributed by atoms with E-state index in [1.807, 2.05) is 29.6 Å². The van der Waals surface area contributed by atoms with Crippen LogP contribution < -0.4 is 10.1 Å². The number of nitrogens with one attached hydrogen (secondary N) is 1. The van der Waals surface area contributed by atoms with Crippen molar-refractivity contribution in [2.75, 3.05) is 12.4 Å². The van der Waals surface area contributed by atoms with Crippen molar-refractivity contribution in [1.29, 1.82) is 0 Å². The molecule has 1 aliphatic rings. The van der Waals surface area contributed by atoms with Gasteiger partial charge in [0.1, 0.15) is 11.6 Å². The molecule has 3 aromatic rings. The van der Waals surface area contributed by atoms with Crippen LogP contribution in [0.15, 0.2) is 52.3 Å². The third-order valence-corrected chi connectivity index (χ3v) is 6.22. The number of carbonyl (C=O) groups is 1. The Kier molecular flexibility index (Phi) is 4.54. The Hall–Kier alpha value is -2.18. The van der Waals surface area contributed by atoms with Crippen LogP contribution in [-0.2, 0) is 4.79 Å². The van der Waals surface area contributed by atoms with Crippen molar-refractivity contribution >= 4 is 38.9 Å². The van der Waals surface area contributed by atoms with Gasteiger partial charge >= 0.3 is 0 Å². The molecule has 2 aromatic carbocycles. The smallest absolute Gasteiger partial charge is 0.225 e. The summed E-state index contributed by atoms with van der Waals surface area (Å²) in [5, 5.41) is 4.96. The minimum absolute atomic E-state index is 0.0340. The van der Waals surface area contributed by atoms with E-state index in [0.717, 1.165) is 37.5 Å². The minimum Gasteiger partial charge on any atom is -0.496 e. The fraction of sp³-hybridized carbons (Fsp3) is 0.150. The molecule has 132 valence electrons. The van der Waals surface area contributed by atoms with Gasteiger partial charge in [0.05, 0.1) is 17.3 Å². The predicted molar refractivity (Wildman–Crippen MR) is 105 cm³/mol. The summed E-state index contributed by atoms with van der Waals surface area (Å²) in [7, 11) is 1.62. The molecule has 0 saturated heterocycles. The fourth-order valence-electron chi connectivity index (χ4n) is 3.26. The molecule has 0 radical (unpaired) electrons. The monoisotopic (exact) mass is 431 g/mol. The van der Waals surface area contributed by atoms with Crippen LogP contribution in [0, 0.1) is 5.82 Å². The van der Waals surface area contributed by atoms with Crippen LogP contribution in [0.2, 0.25) is 0 Å². The van der Waals surface area contributed by atoms with Crippen molar-refractivity contribution in [2.24, 2.45) is 0 Å². The molecule has 2 heterocycles. The van der Waals surface area contributed by atoms with Crippen molar-refractivity contribution in [2.45, 2.75) is 12.3 Å². The van der Waals surface area contributed by atoms with Gasteiger partial charge in [0.2, 0.25) is 5.91 Å². The molecule has 1 atom stereocenters. The zero-order valence-corrected chi connectivity index (χ0v) is 16.3. The van der Waals surface area contributed by atoms with E-state index in [9.17, 15) is 9.18 Å². The topological polar surface area (TPSA) is 38.3 Å². The summed E-state index contributed by atoms with van der Waals surface area (Å²) in [5.41, 5.74) is 3.45. The second kappa shape index (κ2) is 6.85. The molecule has 0 fully saturated rings. The van der Waals surface area contributed by atoms with Crippen molar-refractivity contribution in [1.82, 2.24) is 0 Å². The molecule has 1 N–H and O–H groups in total. The van der Waals surface area contributed by atoms with Gasteiger partial charge in [-0.2, -0.15) is 0 Å². The first-order valence-electron chi connectivity index (χ1n) is 8.07. The molecule has 1 aromatic heterocycles. The van der Waals surface area contributed by atoms with Crippen LogP contribution in [0.5, 0.6) is 5.75 Å². The Labute approximate surface area is 162 Å². The fourth-order valence-corrected chi connectivity index (χ4v) is 4.98. The standard InChI is InChI=1S/C20H15BrFNO2S/c1-25-17-6-5-12(8-16(17)21)14-9-18(24)23-19-15(10-26-20(14)19)11-3-2-4-13(22)7-11/h2-8,10,14H,9H2,1H3,(H,23,24)/t14-/m0/s1. The van der Waals surface area contributed by atoms with Crippen molar-refractivity contribution < 1.29 is 13.9 Å². The summed E-state index contributed by atoms with van der Waals surface area (Å²) >= 11 is 5.10. The van der Waals surface area contributed by atoms with Crippen LogP contribution in [0.3, 0.4) is 0 Å². The van der Waals surface area contributed by atoms with Gasteiger partial charge in [-0.3, -0.25) is 4.79 Å². The van der Waals surface area contributed by atoms with Gasteiger partial charge in [-0.1, -0.05) is 18.2 Å². The molecule has 4 rings (SSSR count). The summed E-state index contributed by atoms with van der Waals surface area (Å²) in [5.74, 6) is 0.389. The Bertz CT molecular complexity index is 1000. The van der Waals surface area contributed by atoms with Crippen LogP contribution in [0.4, 0.5) is 10.1 Å².